The molecule has 2 aromatic carbocycles. The van der Waals surface area contributed by atoms with Crippen LogP contribution in [0.25, 0.3) is 11.3 Å². The van der Waals surface area contributed by atoms with Gasteiger partial charge in [-0.1, -0.05) is 0 Å². The van der Waals surface area contributed by atoms with E-state index in [9.17, 15) is 4.79 Å². The summed E-state index contributed by atoms with van der Waals surface area (Å²) < 4.78 is 9.76. The van der Waals surface area contributed by atoms with Gasteiger partial charge in [0.05, 0.1) is 19.9 Å². The fraction of sp³-hybridized carbons (Fsp3) is 0.158. The van der Waals surface area contributed by atoms with E-state index in [1.165, 1.54) is 7.11 Å². The number of amides is 1. The maximum atomic E-state index is 11.3. The van der Waals surface area contributed by atoms with Gasteiger partial charge >= 0.3 is 6.09 Å². The van der Waals surface area contributed by atoms with Gasteiger partial charge < -0.3 is 14.8 Å². The molecule has 1 heterocycles. The molecule has 0 saturated carbocycles. The van der Waals surface area contributed by atoms with Crippen LogP contribution in [0.4, 0.5) is 22.0 Å². The number of carbonyl (C=O) groups is 1. The minimum absolute atomic E-state index is 0.499. The van der Waals surface area contributed by atoms with Crippen LogP contribution in [0.3, 0.4) is 0 Å². The van der Waals surface area contributed by atoms with E-state index in [0.29, 0.717) is 11.5 Å². The largest absolute Gasteiger partial charge is 0.497 e. The first-order valence-corrected chi connectivity index (χ1v) is 8.01. The van der Waals surface area contributed by atoms with Crippen LogP contribution in [-0.2, 0) is 4.74 Å². The highest BCUT2D eigenvalue weighted by Crippen LogP contribution is 2.26. The Morgan fingerprint density at radius 1 is 1.08 bits per heavy atom. The number of benzene rings is 2. The molecule has 0 unspecified atom stereocenters. The van der Waals surface area contributed by atoms with Crippen molar-refractivity contribution in [2.75, 3.05) is 24.9 Å². The van der Waals surface area contributed by atoms with Crippen LogP contribution in [0.5, 0.6) is 5.75 Å². The number of aryl methyl sites for hydroxylation is 1. The van der Waals surface area contributed by atoms with E-state index in [1.807, 2.05) is 49.4 Å². The number of methoxy groups -OCH3 is 2. The second-order valence-electron chi connectivity index (χ2n) is 5.67. The first-order chi connectivity index (χ1) is 12.6. The molecule has 0 aliphatic heterocycles. The van der Waals surface area contributed by atoms with Crippen LogP contribution < -0.4 is 15.4 Å². The van der Waals surface area contributed by atoms with Crippen molar-refractivity contribution in [1.82, 2.24) is 10.2 Å². The highest BCUT2D eigenvalue weighted by molar-refractivity contribution is 5.85. The first-order valence-electron chi connectivity index (χ1n) is 8.01. The van der Waals surface area contributed by atoms with Crippen molar-refractivity contribution < 1.29 is 14.3 Å². The molecule has 134 valence electrons. The molecule has 0 aliphatic carbocycles. The van der Waals surface area contributed by atoms with Gasteiger partial charge in [0.25, 0.3) is 0 Å². The number of carbonyl (C=O) groups excluding carboxylic acids is 1. The Kier molecular flexibility index (Phi) is 5.07. The molecule has 26 heavy (non-hydrogen) atoms. The van der Waals surface area contributed by atoms with E-state index in [0.717, 1.165) is 28.3 Å². The van der Waals surface area contributed by atoms with Crippen LogP contribution >= 0.6 is 0 Å². The van der Waals surface area contributed by atoms with Crippen molar-refractivity contribution in [3.63, 3.8) is 0 Å². The van der Waals surface area contributed by atoms with Crippen LogP contribution in [0, 0.1) is 6.92 Å². The summed E-state index contributed by atoms with van der Waals surface area (Å²) in [5.41, 5.74) is 4.44. The lowest BCUT2D eigenvalue weighted by Crippen LogP contribution is -2.11. The fourth-order valence-electron chi connectivity index (χ4n) is 2.49. The summed E-state index contributed by atoms with van der Waals surface area (Å²) in [5.74, 6) is 1.51. The van der Waals surface area contributed by atoms with E-state index < -0.39 is 6.09 Å². The summed E-state index contributed by atoms with van der Waals surface area (Å²) in [5, 5.41) is 13.2. The van der Waals surface area contributed by atoms with Gasteiger partial charge in [0.15, 0.2) is 5.82 Å². The van der Waals surface area contributed by atoms with Gasteiger partial charge in [-0.25, -0.2) is 4.79 Å². The number of nitrogens with zero attached hydrogens (tertiary/aromatic N) is 1. The number of H-pyrrole nitrogens is 1. The molecule has 0 bridgehead atoms. The van der Waals surface area contributed by atoms with Gasteiger partial charge in [0, 0.05) is 17.4 Å². The highest BCUT2D eigenvalue weighted by Gasteiger charge is 2.07. The van der Waals surface area contributed by atoms with E-state index in [-0.39, 0.29) is 0 Å². The number of aromatic nitrogens is 2. The monoisotopic (exact) mass is 352 g/mol. The Hall–Kier alpha value is -3.48. The number of rotatable bonds is 5. The molecule has 7 nitrogen and oxygen atoms in total. The van der Waals surface area contributed by atoms with Gasteiger partial charge in [-0.3, -0.25) is 10.4 Å². The zero-order valence-corrected chi connectivity index (χ0v) is 14.8. The maximum Gasteiger partial charge on any atom is 0.411 e. The summed E-state index contributed by atoms with van der Waals surface area (Å²) >= 11 is 0. The van der Waals surface area contributed by atoms with Gasteiger partial charge in [0.2, 0.25) is 0 Å². The fourth-order valence-corrected chi connectivity index (χ4v) is 2.49. The predicted octanol–water partition coefficient (Wildman–Crippen LogP) is 4.32. The average molecular weight is 352 g/mol. The topological polar surface area (TPSA) is 88.3 Å². The zero-order valence-electron chi connectivity index (χ0n) is 14.8. The molecule has 3 aromatic rings. The van der Waals surface area contributed by atoms with Crippen LogP contribution in [0.15, 0.2) is 48.5 Å². The summed E-state index contributed by atoms with van der Waals surface area (Å²) in [6, 6.07) is 15.2. The average Bonchev–Trinajstić information content (AvgIpc) is 3.12. The zero-order chi connectivity index (χ0) is 18.5. The van der Waals surface area contributed by atoms with Gasteiger partial charge in [-0.2, -0.15) is 5.10 Å². The van der Waals surface area contributed by atoms with Crippen molar-refractivity contribution in [3.8, 4) is 17.0 Å². The maximum absolute atomic E-state index is 11.3. The summed E-state index contributed by atoms with van der Waals surface area (Å²) in [6.45, 7) is 1.95. The standard InChI is InChI=1S/C19H20N4O3/c1-12-10-14(20-19(24)26-3)6-9-16(12)21-18-11-17(22-23-18)13-4-7-15(25-2)8-5-13/h4-11H,1-3H3,(H,20,24)(H2,21,22,23). The number of nitrogens with one attached hydrogen (secondary N) is 3. The van der Waals surface area contributed by atoms with Crippen LogP contribution in [0.1, 0.15) is 5.56 Å². The number of ether oxygens (including phenoxy) is 2. The third kappa shape index (κ3) is 3.94. The highest BCUT2D eigenvalue weighted by atomic mass is 16.5. The van der Waals surface area contributed by atoms with Gasteiger partial charge in [-0.05, 0) is 60.5 Å². The lowest BCUT2D eigenvalue weighted by molar-refractivity contribution is 0.187. The third-order valence-electron chi connectivity index (χ3n) is 3.90. The van der Waals surface area contributed by atoms with Crippen molar-refractivity contribution in [3.05, 3.63) is 54.1 Å². The minimum Gasteiger partial charge on any atom is -0.497 e. The quantitative estimate of drug-likeness (QED) is 0.636. The van der Waals surface area contributed by atoms with Crippen molar-refractivity contribution in [2.45, 2.75) is 6.92 Å². The van der Waals surface area contributed by atoms with E-state index in [2.05, 4.69) is 25.6 Å². The van der Waals surface area contributed by atoms with Gasteiger partial charge in [0.1, 0.15) is 5.75 Å². The molecule has 0 radical (unpaired) electrons. The molecule has 0 aliphatic rings. The van der Waals surface area contributed by atoms with Crippen molar-refractivity contribution in [2.24, 2.45) is 0 Å². The Morgan fingerprint density at radius 2 is 1.85 bits per heavy atom. The first kappa shape index (κ1) is 17.3. The third-order valence-corrected chi connectivity index (χ3v) is 3.90. The molecule has 0 fully saturated rings. The molecule has 3 N–H and O–H groups in total. The predicted molar refractivity (Wildman–Crippen MR) is 101 cm³/mol. The summed E-state index contributed by atoms with van der Waals surface area (Å²) in [6.07, 6.45) is -0.499. The van der Waals surface area contributed by atoms with Crippen molar-refractivity contribution >= 4 is 23.3 Å². The minimum atomic E-state index is -0.499. The number of hydrogen-bond acceptors (Lipinski definition) is 5. The van der Waals surface area contributed by atoms with E-state index in [1.54, 1.807) is 13.2 Å². The molecule has 3 rings (SSSR count). The smallest absolute Gasteiger partial charge is 0.411 e. The number of hydrogen-bond donors (Lipinski definition) is 3. The Balaban J connectivity index is 1.73. The van der Waals surface area contributed by atoms with Crippen molar-refractivity contribution in [1.29, 1.82) is 0 Å². The van der Waals surface area contributed by atoms with Crippen LogP contribution in [-0.4, -0.2) is 30.5 Å². The molecular weight excluding hydrogens is 332 g/mol. The Morgan fingerprint density at radius 3 is 2.50 bits per heavy atom. The number of aromatic amines is 1. The molecule has 0 spiro atoms. The molecular formula is C19H20N4O3. The normalized spacial score (nSPS) is 10.3. The SMILES string of the molecule is COC(=O)Nc1ccc(Nc2cc(-c3ccc(OC)cc3)[nH]n2)c(C)c1. The summed E-state index contributed by atoms with van der Waals surface area (Å²) in [4.78, 5) is 11.3. The second kappa shape index (κ2) is 7.60. The number of anilines is 3. The van der Waals surface area contributed by atoms with E-state index in [4.69, 9.17) is 4.74 Å². The van der Waals surface area contributed by atoms with Crippen LogP contribution in [0.2, 0.25) is 0 Å². The van der Waals surface area contributed by atoms with E-state index >= 15 is 0 Å². The molecule has 1 aromatic heterocycles. The molecule has 1 amide bonds. The summed E-state index contributed by atoms with van der Waals surface area (Å²) in [7, 11) is 2.97. The second-order valence-corrected chi connectivity index (χ2v) is 5.67. The molecule has 0 atom stereocenters. The Labute approximate surface area is 151 Å². The lowest BCUT2D eigenvalue weighted by Gasteiger charge is -2.10. The molecule has 0 saturated heterocycles. The lowest BCUT2D eigenvalue weighted by atomic mass is 10.1. The van der Waals surface area contributed by atoms with Gasteiger partial charge in [-0.15, -0.1) is 0 Å². The Bertz CT molecular complexity index is 903. The molecule has 7 heteroatoms.